The number of carbonyl (C=O) groups is 2. The molecule has 2 amide bonds. The van der Waals surface area contributed by atoms with Gasteiger partial charge in [-0.15, -0.1) is 0 Å². The first-order valence-corrected chi connectivity index (χ1v) is 6.65. The number of rotatable bonds is 4. The predicted molar refractivity (Wildman–Crippen MR) is 65.4 cm³/mol. The first-order chi connectivity index (χ1) is 8.02. The average molecular weight is 238 g/mol. The molecule has 1 atom stereocenters. The summed E-state index contributed by atoms with van der Waals surface area (Å²) in [6, 6.07) is 0.201. The summed E-state index contributed by atoms with van der Waals surface area (Å²) in [5, 5.41) is 2.91. The van der Waals surface area contributed by atoms with Crippen molar-refractivity contribution in [3.05, 3.63) is 0 Å². The smallest absolute Gasteiger partial charge is 0.249 e. The maximum absolute atomic E-state index is 12.5. The molecule has 1 aliphatic carbocycles. The minimum atomic E-state index is -0.641. The first kappa shape index (κ1) is 12.4. The van der Waals surface area contributed by atoms with Gasteiger partial charge < -0.3 is 10.2 Å². The van der Waals surface area contributed by atoms with Gasteiger partial charge in [-0.25, -0.2) is 0 Å². The number of carbonyl (C=O) groups excluding carboxylic acids is 2. The van der Waals surface area contributed by atoms with E-state index in [-0.39, 0.29) is 24.4 Å². The molecule has 0 aromatic heterocycles. The maximum Gasteiger partial charge on any atom is 0.249 e. The number of amides is 2. The van der Waals surface area contributed by atoms with Gasteiger partial charge in [0, 0.05) is 6.04 Å². The Morgan fingerprint density at radius 1 is 1.35 bits per heavy atom. The van der Waals surface area contributed by atoms with Crippen LogP contribution in [0.2, 0.25) is 0 Å². The molecule has 4 heteroatoms. The molecule has 1 saturated heterocycles. The van der Waals surface area contributed by atoms with Gasteiger partial charge in [-0.05, 0) is 38.5 Å². The number of hydrogen-bond donors (Lipinski definition) is 1. The van der Waals surface area contributed by atoms with Crippen molar-refractivity contribution < 1.29 is 9.59 Å². The van der Waals surface area contributed by atoms with E-state index in [1.54, 1.807) is 4.90 Å². The zero-order valence-electron chi connectivity index (χ0n) is 11.0. The molecule has 1 N–H and O–H groups in total. The van der Waals surface area contributed by atoms with Gasteiger partial charge in [-0.3, -0.25) is 9.59 Å². The zero-order chi connectivity index (χ0) is 12.6. The Morgan fingerprint density at radius 2 is 1.94 bits per heavy atom. The molecule has 0 radical (unpaired) electrons. The highest BCUT2D eigenvalue weighted by Gasteiger charge is 2.53. The van der Waals surface area contributed by atoms with Gasteiger partial charge >= 0.3 is 0 Å². The van der Waals surface area contributed by atoms with E-state index in [1.165, 1.54) is 0 Å². The van der Waals surface area contributed by atoms with Crippen LogP contribution in [-0.2, 0) is 9.59 Å². The van der Waals surface area contributed by atoms with Crippen LogP contribution in [0.3, 0.4) is 0 Å². The largest absolute Gasteiger partial charge is 0.340 e. The summed E-state index contributed by atoms with van der Waals surface area (Å²) in [6.07, 6.45) is 3.94. The van der Waals surface area contributed by atoms with Crippen LogP contribution in [0.1, 0.15) is 46.5 Å². The van der Waals surface area contributed by atoms with Crippen LogP contribution < -0.4 is 5.32 Å². The topological polar surface area (TPSA) is 49.4 Å². The fourth-order valence-electron chi connectivity index (χ4n) is 2.87. The summed E-state index contributed by atoms with van der Waals surface area (Å²) in [7, 11) is 0. The summed E-state index contributed by atoms with van der Waals surface area (Å²) < 4.78 is 0. The third-order valence-electron chi connectivity index (χ3n) is 4.20. The molecule has 1 saturated carbocycles. The van der Waals surface area contributed by atoms with E-state index in [4.69, 9.17) is 0 Å². The average Bonchev–Trinajstić information content (AvgIpc) is 3.10. The third-order valence-corrected chi connectivity index (χ3v) is 4.20. The van der Waals surface area contributed by atoms with E-state index in [2.05, 4.69) is 19.2 Å². The molecule has 0 bridgehead atoms. The maximum atomic E-state index is 12.5. The fourth-order valence-corrected chi connectivity index (χ4v) is 2.87. The van der Waals surface area contributed by atoms with E-state index in [9.17, 15) is 9.59 Å². The summed E-state index contributed by atoms with van der Waals surface area (Å²) in [5.41, 5.74) is -0.641. The third kappa shape index (κ3) is 2.05. The Hall–Kier alpha value is -1.06. The van der Waals surface area contributed by atoms with Crippen molar-refractivity contribution in [2.45, 2.75) is 58.0 Å². The van der Waals surface area contributed by atoms with E-state index in [0.29, 0.717) is 5.92 Å². The first-order valence-electron chi connectivity index (χ1n) is 6.65. The minimum Gasteiger partial charge on any atom is -0.340 e. The number of piperazine rings is 1. The molecule has 1 heterocycles. The molecule has 17 heavy (non-hydrogen) atoms. The standard InChI is InChI=1S/C13H22N2O2/c1-4-10(5-2)15-8-11(16)14-13(3,12(15)17)9-6-7-9/h9-10H,4-8H2,1-3H3,(H,14,16). The Bertz CT molecular complexity index is 334. The Balaban J connectivity index is 2.22. The molecular weight excluding hydrogens is 216 g/mol. The predicted octanol–water partition coefficient (Wildman–Crippen LogP) is 1.30. The lowest BCUT2D eigenvalue weighted by atomic mass is 9.90. The SMILES string of the molecule is CCC(CC)N1CC(=O)NC(C)(C2CC2)C1=O. The molecule has 0 aromatic rings. The van der Waals surface area contributed by atoms with Crippen molar-refractivity contribution in [1.29, 1.82) is 0 Å². The molecule has 96 valence electrons. The lowest BCUT2D eigenvalue weighted by molar-refractivity contribution is -0.152. The molecule has 0 spiro atoms. The summed E-state index contributed by atoms with van der Waals surface area (Å²) in [5.74, 6) is 0.454. The Morgan fingerprint density at radius 3 is 2.41 bits per heavy atom. The fraction of sp³-hybridized carbons (Fsp3) is 0.846. The molecule has 2 rings (SSSR count). The molecule has 2 aliphatic rings. The Kier molecular flexibility index (Phi) is 3.15. The van der Waals surface area contributed by atoms with Crippen LogP contribution in [0.25, 0.3) is 0 Å². The van der Waals surface area contributed by atoms with Crippen LogP contribution in [0, 0.1) is 5.92 Å². The zero-order valence-corrected chi connectivity index (χ0v) is 11.0. The normalized spacial score (nSPS) is 29.8. The second-order valence-corrected chi connectivity index (χ2v) is 5.43. The van der Waals surface area contributed by atoms with E-state index < -0.39 is 5.54 Å². The van der Waals surface area contributed by atoms with Crippen molar-refractivity contribution in [3.63, 3.8) is 0 Å². The lowest BCUT2D eigenvalue weighted by Crippen LogP contribution is -2.68. The van der Waals surface area contributed by atoms with Crippen molar-refractivity contribution in [1.82, 2.24) is 10.2 Å². The Labute approximate surface area is 103 Å². The summed E-state index contributed by atoms with van der Waals surface area (Å²) in [4.78, 5) is 26.1. The van der Waals surface area contributed by atoms with Crippen LogP contribution in [0.5, 0.6) is 0 Å². The van der Waals surface area contributed by atoms with E-state index >= 15 is 0 Å². The van der Waals surface area contributed by atoms with Crippen molar-refractivity contribution in [2.24, 2.45) is 5.92 Å². The van der Waals surface area contributed by atoms with Crippen molar-refractivity contribution in [3.8, 4) is 0 Å². The van der Waals surface area contributed by atoms with E-state index in [1.807, 2.05) is 6.92 Å². The van der Waals surface area contributed by atoms with Gasteiger partial charge in [-0.1, -0.05) is 13.8 Å². The number of hydrogen-bond acceptors (Lipinski definition) is 2. The number of nitrogens with one attached hydrogen (secondary N) is 1. The molecule has 4 nitrogen and oxygen atoms in total. The van der Waals surface area contributed by atoms with Gasteiger partial charge in [0.2, 0.25) is 11.8 Å². The van der Waals surface area contributed by atoms with Gasteiger partial charge in [0.15, 0.2) is 0 Å². The molecule has 0 aromatic carbocycles. The van der Waals surface area contributed by atoms with Gasteiger partial charge in [0.1, 0.15) is 5.54 Å². The quantitative estimate of drug-likeness (QED) is 0.802. The molecule has 1 unspecified atom stereocenters. The highest BCUT2D eigenvalue weighted by Crippen LogP contribution is 2.42. The molecule has 1 aliphatic heterocycles. The van der Waals surface area contributed by atoms with Crippen molar-refractivity contribution in [2.75, 3.05) is 6.54 Å². The summed E-state index contributed by atoms with van der Waals surface area (Å²) in [6.45, 7) is 6.26. The molecular formula is C13H22N2O2. The lowest BCUT2D eigenvalue weighted by Gasteiger charge is -2.43. The van der Waals surface area contributed by atoms with Gasteiger partial charge in [0.25, 0.3) is 0 Å². The minimum absolute atomic E-state index is 0.00843. The molecule has 2 fully saturated rings. The number of nitrogens with zero attached hydrogens (tertiary/aromatic N) is 1. The highest BCUT2D eigenvalue weighted by molar-refractivity contribution is 5.98. The van der Waals surface area contributed by atoms with Crippen LogP contribution >= 0.6 is 0 Å². The van der Waals surface area contributed by atoms with Gasteiger partial charge in [-0.2, -0.15) is 0 Å². The second kappa shape index (κ2) is 4.31. The summed E-state index contributed by atoms with van der Waals surface area (Å²) >= 11 is 0. The second-order valence-electron chi connectivity index (χ2n) is 5.43. The van der Waals surface area contributed by atoms with Crippen molar-refractivity contribution >= 4 is 11.8 Å². The van der Waals surface area contributed by atoms with Gasteiger partial charge in [0.05, 0.1) is 6.54 Å². The van der Waals surface area contributed by atoms with Crippen LogP contribution in [0.15, 0.2) is 0 Å². The monoisotopic (exact) mass is 238 g/mol. The van der Waals surface area contributed by atoms with Crippen LogP contribution in [0.4, 0.5) is 0 Å². The highest BCUT2D eigenvalue weighted by atomic mass is 16.2. The van der Waals surface area contributed by atoms with E-state index in [0.717, 1.165) is 25.7 Å². The van der Waals surface area contributed by atoms with Crippen LogP contribution in [-0.4, -0.2) is 34.8 Å².